The Balaban J connectivity index is 4.36. The Hall–Kier alpha value is -1.34. The van der Waals surface area contributed by atoms with Crippen LogP contribution in [0.15, 0.2) is 12.2 Å². The van der Waals surface area contributed by atoms with Crippen LogP contribution in [0.25, 0.3) is 0 Å². The summed E-state index contributed by atoms with van der Waals surface area (Å²) < 4.78 is 31.7. The molecule has 11 heteroatoms. The minimum atomic E-state index is -2.63. The number of carbonyl (C=O) groups is 2. The molecule has 0 aliphatic carbocycles. The molecule has 0 saturated heterocycles. The fourth-order valence-corrected chi connectivity index (χ4v) is 3.77. The van der Waals surface area contributed by atoms with Gasteiger partial charge in [0.15, 0.2) is 0 Å². The molecule has 0 rings (SSSR count). The van der Waals surface area contributed by atoms with Crippen molar-refractivity contribution in [2.75, 3.05) is 61.3 Å². The van der Waals surface area contributed by atoms with Gasteiger partial charge in [-0.15, -0.1) is 0 Å². The summed E-state index contributed by atoms with van der Waals surface area (Å²) >= 11 is 0. The molecule has 0 fully saturated rings. The molecule has 0 saturated carbocycles. The summed E-state index contributed by atoms with van der Waals surface area (Å²) in [6.45, 7) is 2.01. The van der Waals surface area contributed by atoms with Crippen LogP contribution in [0.4, 0.5) is 0 Å². The van der Waals surface area contributed by atoms with Gasteiger partial charge in [0.25, 0.3) is 0 Å². The summed E-state index contributed by atoms with van der Waals surface area (Å²) in [5.41, 5.74) is 0. The van der Waals surface area contributed by atoms with Gasteiger partial charge >= 0.3 is 20.7 Å². The van der Waals surface area contributed by atoms with Crippen LogP contribution < -0.4 is 5.32 Å². The molecule has 0 aromatic heterocycles. The number of carboxylic acids is 1. The predicted molar refractivity (Wildman–Crippen MR) is 98.4 cm³/mol. The lowest BCUT2D eigenvalue weighted by atomic mass is 10.3. The topological polar surface area (TPSA) is 122 Å². The number of carboxylic acid groups (broad SMARTS) is 1. The van der Waals surface area contributed by atoms with Crippen LogP contribution in [0.1, 0.15) is 6.42 Å². The van der Waals surface area contributed by atoms with Crippen LogP contribution in [0, 0.1) is 0 Å². The molecule has 0 spiro atoms. The highest BCUT2D eigenvalue weighted by atomic mass is 28.4. The first-order valence-corrected chi connectivity index (χ1v) is 10.4. The summed E-state index contributed by atoms with van der Waals surface area (Å²) in [6.07, 6.45) is 1.67. The highest BCUT2D eigenvalue weighted by molar-refractivity contribution is 6.60. The Bertz CT molecular complexity index is 435. The Morgan fingerprint density at radius 1 is 1.07 bits per heavy atom. The number of hydrogen-bond acceptors (Lipinski definition) is 9. The molecule has 1 unspecified atom stereocenters. The molecule has 0 aliphatic heterocycles. The van der Waals surface area contributed by atoms with Crippen molar-refractivity contribution in [2.45, 2.75) is 18.6 Å². The van der Waals surface area contributed by atoms with Gasteiger partial charge in [-0.25, -0.2) is 9.59 Å². The first-order chi connectivity index (χ1) is 12.9. The third-order valence-electron chi connectivity index (χ3n) is 3.51. The number of hydrogen-bond donors (Lipinski definition) is 2. The lowest BCUT2D eigenvalue weighted by molar-refractivity contribution is -0.146. The molecule has 2 N–H and O–H groups in total. The highest BCUT2D eigenvalue weighted by Crippen LogP contribution is 2.14. The predicted octanol–water partition coefficient (Wildman–Crippen LogP) is 0.0598. The molecule has 1 atom stereocenters. The lowest BCUT2D eigenvalue weighted by Gasteiger charge is -2.24. The van der Waals surface area contributed by atoms with Crippen LogP contribution >= 0.6 is 0 Å². The fourth-order valence-electron chi connectivity index (χ4n) is 2.08. The van der Waals surface area contributed by atoms with E-state index in [4.69, 9.17) is 32.6 Å². The van der Waals surface area contributed by atoms with E-state index in [9.17, 15) is 9.59 Å². The van der Waals surface area contributed by atoms with Crippen molar-refractivity contribution in [2.24, 2.45) is 0 Å². The number of aliphatic carboxylic acids is 1. The zero-order valence-electron chi connectivity index (χ0n) is 16.4. The molecule has 0 aromatic rings. The maximum Gasteiger partial charge on any atom is 0.500 e. The lowest BCUT2D eigenvalue weighted by Crippen LogP contribution is -2.42. The monoisotopic (exact) mass is 409 g/mol. The summed E-state index contributed by atoms with van der Waals surface area (Å²) in [4.78, 5) is 22.1. The first kappa shape index (κ1) is 25.7. The molecule has 27 heavy (non-hydrogen) atoms. The fraction of sp³-hybridized carbons (Fsp3) is 0.750. The molecular formula is C16H31NO9Si. The number of ether oxygens (including phenoxy) is 3. The van der Waals surface area contributed by atoms with Gasteiger partial charge in [-0.2, -0.15) is 0 Å². The maximum atomic E-state index is 11.7. The maximum absolute atomic E-state index is 11.7. The Morgan fingerprint density at radius 2 is 1.74 bits per heavy atom. The van der Waals surface area contributed by atoms with E-state index in [0.717, 1.165) is 12.2 Å². The molecule has 0 aliphatic rings. The van der Waals surface area contributed by atoms with Crippen LogP contribution in [0.5, 0.6) is 0 Å². The molecule has 158 valence electrons. The standard InChI is InChI=1S/C16H31NO9Si/c1-21-10-8-17-12-14(26-16(20)7-6-15(18)19)13-25-9-5-11-27(22-2,23-3)24-4/h6-7,14,17H,5,8-13H2,1-4H3,(H,18,19). The average Bonchev–Trinajstić information content (AvgIpc) is 2.66. The summed E-state index contributed by atoms with van der Waals surface area (Å²) in [6, 6.07) is 0.592. The number of nitrogens with one attached hydrogen (secondary N) is 1. The van der Waals surface area contributed by atoms with E-state index in [1.54, 1.807) is 28.4 Å². The number of carbonyl (C=O) groups excluding carboxylic acids is 1. The van der Waals surface area contributed by atoms with Gasteiger partial charge in [0.2, 0.25) is 0 Å². The van der Waals surface area contributed by atoms with Crippen molar-refractivity contribution in [1.29, 1.82) is 0 Å². The van der Waals surface area contributed by atoms with Gasteiger partial charge in [0.1, 0.15) is 6.10 Å². The summed E-state index contributed by atoms with van der Waals surface area (Å²) in [5.74, 6) is -1.97. The van der Waals surface area contributed by atoms with E-state index in [1.807, 2.05) is 0 Å². The molecule has 0 bridgehead atoms. The Kier molecular flexibility index (Phi) is 14.9. The zero-order chi connectivity index (χ0) is 20.5. The quantitative estimate of drug-likeness (QED) is 0.148. The van der Waals surface area contributed by atoms with Gasteiger partial charge in [-0.3, -0.25) is 0 Å². The van der Waals surface area contributed by atoms with E-state index in [0.29, 0.717) is 38.8 Å². The summed E-state index contributed by atoms with van der Waals surface area (Å²) in [5, 5.41) is 11.6. The third kappa shape index (κ3) is 12.6. The van der Waals surface area contributed by atoms with Gasteiger partial charge in [-0.05, 0) is 6.42 Å². The number of methoxy groups -OCH3 is 1. The van der Waals surface area contributed by atoms with Crippen LogP contribution in [-0.4, -0.2) is 93.3 Å². The molecule has 0 amide bonds. The van der Waals surface area contributed by atoms with Gasteiger partial charge in [0.05, 0.1) is 13.2 Å². The van der Waals surface area contributed by atoms with Crippen LogP contribution in [0.2, 0.25) is 6.04 Å². The normalized spacial score (nSPS) is 13.0. The highest BCUT2D eigenvalue weighted by Gasteiger charge is 2.36. The number of esters is 1. The first-order valence-electron chi connectivity index (χ1n) is 8.47. The Morgan fingerprint density at radius 3 is 2.30 bits per heavy atom. The van der Waals surface area contributed by atoms with Gasteiger partial charge in [0, 0.05) is 66.3 Å². The Labute approximate surface area is 161 Å². The molecule has 0 heterocycles. The van der Waals surface area contributed by atoms with Crippen molar-refractivity contribution in [1.82, 2.24) is 5.32 Å². The van der Waals surface area contributed by atoms with E-state index in [2.05, 4.69) is 5.32 Å². The van der Waals surface area contributed by atoms with Crippen LogP contribution in [-0.2, 0) is 37.1 Å². The third-order valence-corrected chi connectivity index (χ3v) is 6.34. The molecule has 0 aromatic carbocycles. The van der Waals surface area contributed by atoms with E-state index < -0.39 is 26.8 Å². The second-order valence-electron chi connectivity index (χ2n) is 5.40. The molecule has 10 nitrogen and oxygen atoms in total. The van der Waals surface area contributed by atoms with E-state index >= 15 is 0 Å². The summed E-state index contributed by atoms with van der Waals surface area (Å²) in [7, 11) is 3.60. The van der Waals surface area contributed by atoms with Crippen molar-refractivity contribution < 1.29 is 42.2 Å². The van der Waals surface area contributed by atoms with Crippen molar-refractivity contribution in [3.05, 3.63) is 12.2 Å². The second kappa shape index (κ2) is 15.7. The molecule has 0 radical (unpaired) electrons. The molecular weight excluding hydrogens is 378 g/mol. The zero-order valence-corrected chi connectivity index (χ0v) is 17.4. The minimum Gasteiger partial charge on any atom is -0.478 e. The van der Waals surface area contributed by atoms with Crippen LogP contribution in [0.3, 0.4) is 0 Å². The van der Waals surface area contributed by atoms with Crippen molar-refractivity contribution in [3.63, 3.8) is 0 Å². The van der Waals surface area contributed by atoms with Gasteiger partial charge < -0.3 is 37.9 Å². The van der Waals surface area contributed by atoms with E-state index in [-0.39, 0.29) is 6.61 Å². The SMILES string of the molecule is COCCNCC(COCCC[Si](OC)(OC)OC)OC(=O)C=CC(=O)O. The largest absolute Gasteiger partial charge is 0.500 e. The second-order valence-corrected chi connectivity index (χ2v) is 8.49. The van der Waals surface area contributed by atoms with Gasteiger partial charge in [-0.1, -0.05) is 0 Å². The minimum absolute atomic E-state index is 0.161. The average molecular weight is 410 g/mol. The number of rotatable bonds is 17. The van der Waals surface area contributed by atoms with Crippen molar-refractivity contribution in [3.8, 4) is 0 Å². The van der Waals surface area contributed by atoms with Crippen molar-refractivity contribution >= 4 is 20.7 Å². The smallest absolute Gasteiger partial charge is 0.478 e. The van der Waals surface area contributed by atoms with E-state index in [1.165, 1.54) is 0 Å².